The van der Waals surface area contributed by atoms with Gasteiger partial charge in [-0.05, 0) is 24.6 Å². The molecule has 5 heteroatoms. The first-order valence-electron chi connectivity index (χ1n) is 5.62. The first-order valence-corrected chi connectivity index (χ1v) is 5.62. The summed E-state index contributed by atoms with van der Waals surface area (Å²) in [5.74, 6) is -0.420. The topological polar surface area (TPSA) is 41.6 Å². The molecule has 0 spiro atoms. The van der Waals surface area contributed by atoms with Gasteiger partial charge in [0.25, 0.3) is 0 Å². The molecule has 1 N–H and O–H groups in total. The molecule has 0 radical (unpaired) electrons. The lowest BCUT2D eigenvalue weighted by Crippen LogP contribution is -2.54. The largest absolute Gasteiger partial charge is 0.377 e. The molecule has 2 heterocycles. The third-order valence-corrected chi connectivity index (χ3v) is 3.28. The van der Waals surface area contributed by atoms with E-state index in [0.717, 1.165) is 5.69 Å². The molecule has 0 bridgehead atoms. The Hall–Kier alpha value is -1.62. The molecule has 1 fully saturated rings. The fourth-order valence-electron chi connectivity index (χ4n) is 2.33. The van der Waals surface area contributed by atoms with Crippen LogP contribution in [0.2, 0.25) is 0 Å². The van der Waals surface area contributed by atoms with Crippen LogP contribution in [-0.4, -0.2) is 31.7 Å². The van der Waals surface area contributed by atoms with E-state index in [-0.39, 0.29) is 17.8 Å². The second-order valence-corrected chi connectivity index (χ2v) is 4.39. The van der Waals surface area contributed by atoms with Crippen LogP contribution in [0.5, 0.6) is 0 Å². The molecule has 1 atom stereocenters. The standard InChI is InChI=1S/C12H13FN2O2/c1-7-4-10-9(5-8(7)13)14-12(16)11-6-17-3-2-15(10)11/h4-5,11H,2-3,6H2,1H3,(H,14,16). The number of hydrogen-bond acceptors (Lipinski definition) is 3. The molecule has 90 valence electrons. The summed E-state index contributed by atoms with van der Waals surface area (Å²) < 4.78 is 18.8. The summed E-state index contributed by atoms with van der Waals surface area (Å²) in [6.07, 6.45) is 0. The van der Waals surface area contributed by atoms with E-state index < -0.39 is 0 Å². The minimum absolute atomic E-state index is 0.125. The molecular formula is C12H13FN2O2. The van der Waals surface area contributed by atoms with E-state index in [0.29, 0.717) is 31.0 Å². The maximum absolute atomic E-state index is 13.5. The number of fused-ring (bicyclic) bond motifs is 3. The zero-order valence-corrected chi connectivity index (χ0v) is 9.50. The third-order valence-electron chi connectivity index (χ3n) is 3.28. The lowest BCUT2D eigenvalue weighted by atomic mass is 10.1. The van der Waals surface area contributed by atoms with Gasteiger partial charge < -0.3 is 15.0 Å². The molecule has 0 saturated carbocycles. The molecular weight excluding hydrogens is 223 g/mol. The van der Waals surface area contributed by atoms with Crippen LogP contribution < -0.4 is 10.2 Å². The average molecular weight is 236 g/mol. The van der Waals surface area contributed by atoms with Gasteiger partial charge in [-0.25, -0.2) is 4.39 Å². The number of hydrogen-bond donors (Lipinski definition) is 1. The summed E-state index contributed by atoms with van der Waals surface area (Å²) >= 11 is 0. The predicted octanol–water partition coefficient (Wildman–Crippen LogP) is 1.29. The number of nitrogens with zero attached hydrogens (tertiary/aromatic N) is 1. The van der Waals surface area contributed by atoms with Crippen molar-refractivity contribution < 1.29 is 13.9 Å². The highest BCUT2D eigenvalue weighted by Gasteiger charge is 2.35. The van der Waals surface area contributed by atoms with Crippen LogP contribution in [0.1, 0.15) is 5.56 Å². The van der Waals surface area contributed by atoms with Crippen LogP contribution >= 0.6 is 0 Å². The zero-order valence-electron chi connectivity index (χ0n) is 9.50. The molecule has 1 unspecified atom stereocenters. The quantitative estimate of drug-likeness (QED) is 0.738. The van der Waals surface area contributed by atoms with Crippen molar-refractivity contribution >= 4 is 17.3 Å². The van der Waals surface area contributed by atoms with Crippen molar-refractivity contribution in [2.45, 2.75) is 13.0 Å². The summed E-state index contributed by atoms with van der Waals surface area (Å²) in [4.78, 5) is 13.8. The van der Waals surface area contributed by atoms with E-state index in [9.17, 15) is 9.18 Å². The number of halogens is 1. The van der Waals surface area contributed by atoms with E-state index in [1.807, 2.05) is 4.90 Å². The lowest BCUT2D eigenvalue weighted by Gasteiger charge is -2.40. The fourth-order valence-corrected chi connectivity index (χ4v) is 2.33. The van der Waals surface area contributed by atoms with Gasteiger partial charge in [-0.2, -0.15) is 0 Å². The molecule has 4 nitrogen and oxygen atoms in total. The number of amides is 1. The van der Waals surface area contributed by atoms with E-state index in [1.165, 1.54) is 6.07 Å². The minimum atomic E-state index is -0.296. The lowest BCUT2D eigenvalue weighted by molar-refractivity contribution is -0.119. The number of benzene rings is 1. The van der Waals surface area contributed by atoms with Gasteiger partial charge in [0.2, 0.25) is 5.91 Å². The minimum Gasteiger partial charge on any atom is -0.377 e. The van der Waals surface area contributed by atoms with Crippen molar-refractivity contribution in [1.82, 2.24) is 0 Å². The molecule has 1 aromatic carbocycles. The second-order valence-electron chi connectivity index (χ2n) is 4.39. The smallest absolute Gasteiger partial charge is 0.249 e. The number of carbonyl (C=O) groups excluding carboxylic acids is 1. The molecule has 2 aliphatic heterocycles. The molecule has 1 amide bonds. The molecule has 2 aliphatic rings. The van der Waals surface area contributed by atoms with Gasteiger partial charge in [-0.3, -0.25) is 4.79 Å². The van der Waals surface area contributed by atoms with Crippen molar-refractivity contribution in [2.24, 2.45) is 0 Å². The van der Waals surface area contributed by atoms with Gasteiger partial charge in [-0.15, -0.1) is 0 Å². The maximum Gasteiger partial charge on any atom is 0.249 e. The number of rotatable bonds is 0. The van der Waals surface area contributed by atoms with Crippen molar-refractivity contribution in [3.8, 4) is 0 Å². The van der Waals surface area contributed by atoms with E-state index >= 15 is 0 Å². The number of ether oxygens (including phenoxy) is 1. The van der Waals surface area contributed by atoms with Gasteiger partial charge >= 0.3 is 0 Å². The molecule has 0 aromatic heterocycles. The predicted molar refractivity (Wildman–Crippen MR) is 61.7 cm³/mol. The highest BCUT2D eigenvalue weighted by Crippen LogP contribution is 2.35. The number of morpholine rings is 1. The van der Waals surface area contributed by atoms with Crippen LogP contribution in [0.15, 0.2) is 12.1 Å². The normalized spacial score (nSPS) is 22.8. The Morgan fingerprint density at radius 1 is 1.53 bits per heavy atom. The Bertz CT molecular complexity index is 490. The van der Waals surface area contributed by atoms with Crippen molar-refractivity contribution in [3.05, 3.63) is 23.5 Å². The van der Waals surface area contributed by atoms with E-state index in [4.69, 9.17) is 4.74 Å². The van der Waals surface area contributed by atoms with Crippen LogP contribution in [0.3, 0.4) is 0 Å². The molecule has 0 aliphatic carbocycles. The van der Waals surface area contributed by atoms with Gasteiger partial charge in [0.1, 0.15) is 11.9 Å². The number of nitrogens with one attached hydrogen (secondary N) is 1. The Balaban J connectivity index is 2.10. The second kappa shape index (κ2) is 3.70. The summed E-state index contributed by atoms with van der Waals surface area (Å²) in [6.45, 7) is 3.37. The van der Waals surface area contributed by atoms with Gasteiger partial charge in [0.15, 0.2) is 0 Å². The Morgan fingerprint density at radius 3 is 3.18 bits per heavy atom. The summed E-state index contributed by atoms with van der Waals surface area (Å²) in [7, 11) is 0. The summed E-state index contributed by atoms with van der Waals surface area (Å²) in [5.41, 5.74) is 2.03. The molecule has 1 saturated heterocycles. The van der Waals surface area contributed by atoms with Gasteiger partial charge in [0.05, 0.1) is 24.6 Å². The van der Waals surface area contributed by atoms with Crippen molar-refractivity contribution in [3.63, 3.8) is 0 Å². The van der Waals surface area contributed by atoms with E-state index in [1.54, 1.807) is 13.0 Å². The van der Waals surface area contributed by atoms with E-state index in [2.05, 4.69) is 5.32 Å². The number of carbonyl (C=O) groups is 1. The van der Waals surface area contributed by atoms with Crippen LogP contribution in [0.4, 0.5) is 15.8 Å². The fraction of sp³-hybridized carbons (Fsp3) is 0.417. The van der Waals surface area contributed by atoms with Gasteiger partial charge in [-0.1, -0.05) is 0 Å². The highest BCUT2D eigenvalue weighted by atomic mass is 19.1. The monoisotopic (exact) mass is 236 g/mol. The highest BCUT2D eigenvalue weighted by molar-refractivity contribution is 6.03. The van der Waals surface area contributed by atoms with Crippen molar-refractivity contribution in [1.29, 1.82) is 0 Å². The number of aryl methyl sites for hydroxylation is 1. The average Bonchev–Trinajstić information content (AvgIpc) is 2.32. The Labute approximate surface area is 98.4 Å². The summed E-state index contributed by atoms with van der Waals surface area (Å²) in [6, 6.07) is 2.87. The third kappa shape index (κ3) is 1.58. The van der Waals surface area contributed by atoms with Gasteiger partial charge in [0, 0.05) is 6.54 Å². The summed E-state index contributed by atoms with van der Waals surface area (Å²) in [5, 5.41) is 2.73. The molecule has 3 rings (SSSR count). The van der Waals surface area contributed by atoms with Crippen LogP contribution in [-0.2, 0) is 9.53 Å². The first-order chi connectivity index (χ1) is 8.16. The molecule has 17 heavy (non-hydrogen) atoms. The Morgan fingerprint density at radius 2 is 2.35 bits per heavy atom. The SMILES string of the molecule is Cc1cc2c(cc1F)NC(=O)C1COCCN21. The Kier molecular flexibility index (Phi) is 2.29. The number of anilines is 2. The van der Waals surface area contributed by atoms with Crippen LogP contribution in [0.25, 0.3) is 0 Å². The zero-order chi connectivity index (χ0) is 12.0. The maximum atomic E-state index is 13.5. The first kappa shape index (κ1) is 10.5. The van der Waals surface area contributed by atoms with Crippen molar-refractivity contribution in [2.75, 3.05) is 30.0 Å². The molecule has 1 aromatic rings. The van der Waals surface area contributed by atoms with Crippen LogP contribution in [0, 0.1) is 12.7 Å².